The summed E-state index contributed by atoms with van der Waals surface area (Å²) in [6.45, 7) is 0. The average Bonchev–Trinajstić information content (AvgIpc) is 2.87. The maximum Gasteiger partial charge on any atom is 0.330 e. The lowest BCUT2D eigenvalue weighted by molar-refractivity contribution is 0.672. The van der Waals surface area contributed by atoms with E-state index in [9.17, 15) is 4.79 Å². The van der Waals surface area contributed by atoms with Gasteiger partial charge in [-0.25, -0.2) is 4.79 Å². The molecule has 4 nitrogen and oxygen atoms in total. The molecule has 1 fully saturated rings. The highest BCUT2D eigenvalue weighted by atomic mass is 16.1. The lowest BCUT2D eigenvalue weighted by atomic mass is 10.0. The zero-order valence-corrected chi connectivity index (χ0v) is 9.52. The average molecular weight is 229 g/mol. The van der Waals surface area contributed by atoms with Crippen molar-refractivity contribution in [3.05, 3.63) is 52.7 Å². The maximum atomic E-state index is 11.5. The van der Waals surface area contributed by atoms with E-state index in [1.54, 1.807) is 17.0 Å². The van der Waals surface area contributed by atoms with Crippen molar-refractivity contribution in [1.29, 1.82) is 0 Å². The second-order valence-corrected chi connectivity index (χ2v) is 4.84. The molecule has 4 heteroatoms. The molecule has 1 heterocycles. The van der Waals surface area contributed by atoms with E-state index in [0.717, 1.165) is 24.9 Å². The molecule has 17 heavy (non-hydrogen) atoms. The van der Waals surface area contributed by atoms with Crippen LogP contribution in [0.15, 0.2) is 41.5 Å². The summed E-state index contributed by atoms with van der Waals surface area (Å²) in [5, 5.41) is 0. The van der Waals surface area contributed by atoms with Crippen LogP contribution in [0.5, 0.6) is 0 Å². The maximum absolute atomic E-state index is 11.5. The first-order chi connectivity index (χ1) is 8.16. The van der Waals surface area contributed by atoms with E-state index in [0.29, 0.717) is 0 Å². The van der Waals surface area contributed by atoms with Crippen molar-refractivity contribution in [2.45, 2.75) is 24.8 Å². The predicted octanol–water partition coefficient (Wildman–Crippen LogP) is 1.20. The smallest absolute Gasteiger partial charge is 0.325 e. The van der Waals surface area contributed by atoms with E-state index in [1.165, 1.54) is 5.56 Å². The first-order valence-corrected chi connectivity index (χ1v) is 5.81. The number of hydrogen-bond acceptors (Lipinski definition) is 2. The molecule has 0 bridgehead atoms. The van der Waals surface area contributed by atoms with E-state index in [-0.39, 0.29) is 11.2 Å². The van der Waals surface area contributed by atoms with Gasteiger partial charge in [0.05, 0.1) is 5.69 Å². The summed E-state index contributed by atoms with van der Waals surface area (Å²) in [5.41, 5.74) is 8.07. The van der Waals surface area contributed by atoms with Gasteiger partial charge < -0.3 is 10.7 Å². The van der Waals surface area contributed by atoms with Crippen molar-refractivity contribution in [2.24, 2.45) is 5.73 Å². The highest BCUT2D eigenvalue weighted by Crippen LogP contribution is 2.35. The fraction of sp³-hybridized carbons (Fsp3) is 0.308. The molecule has 0 radical (unpaired) electrons. The largest absolute Gasteiger partial charge is 0.330 e. The predicted molar refractivity (Wildman–Crippen MR) is 66.2 cm³/mol. The number of benzene rings is 1. The molecular weight excluding hydrogens is 214 g/mol. The van der Waals surface area contributed by atoms with Crippen molar-refractivity contribution in [2.75, 3.05) is 0 Å². The molecule has 1 saturated carbocycles. The quantitative estimate of drug-likeness (QED) is 0.830. The van der Waals surface area contributed by atoms with Crippen molar-refractivity contribution in [3.8, 4) is 5.69 Å². The monoisotopic (exact) mass is 229 g/mol. The molecule has 1 aromatic carbocycles. The van der Waals surface area contributed by atoms with E-state index in [4.69, 9.17) is 5.73 Å². The van der Waals surface area contributed by atoms with E-state index < -0.39 is 0 Å². The highest BCUT2D eigenvalue weighted by Gasteiger charge is 2.37. The summed E-state index contributed by atoms with van der Waals surface area (Å²) in [4.78, 5) is 14.1. The lowest BCUT2D eigenvalue weighted by Gasteiger charge is -2.10. The van der Waals surface area contributed by atoms with Crippen LogP contribution in [0.3, 0.4) is 0 Å². The van der Waals surface area contributed by atoms with E-state index >= 15 is 0 Å². The summed E-state index contributed by atoms with van der Waals surface area (Å²) in [6, 6.07) is 7.99. The van der Waals surface area contributed by atoms with Crippen LogP contribution in [0, 0.1) is 0 Å². The Hall–Kier alpha value is -1.81. The molecule has 0 unspecified atom stereocenters. The van der Waals surface area contributed by atoms with Gasteiger partial charge in [-0.05, 0) is 37.0 Å². The van der Waals surface area contributed by atoms with Crippen LogP contribution in [0.2, 0.25) is 0 Å². The number of H-pyrrole nitrogens is 1. The van der Waals surface area contributed by atoms with Gasteiger partial charge in [-0.1, -0.05) is 12.1 Å². The first kappa shape index (κ1) is 10.4. The highest BCUT2D eigenvalue weighted by molar-refractivity contribution is 5.37. The zero-order chi connectivity index (χ0) is 11.9. The third-order valence-electron chi connectivity index (χ3n) is 3.29. The molecule has 0 amide bonds. The van der Waals surface area contributed by atoms with Crippen LogP contribution in [-0.4, -0.2) is 15.1 Å². The molecule has 2 aromatic rings. The second kappa shape index (κ2) is 3.60. The zero-order valence-electron chi connectivity index (χ0n) is 9.52. The molecule has 0 aliphatic heterocycles. The Balaban J connectivity index is 1.94. The molecule has 1 aromatic heterocycles. The fourth-order valence-electron chi connectivity index (χ4n) is 2.08. The van der Waals surface area contributed by atoms with Gasteiger partial charge in [-0.2, -0.15) is 0 Å². The topological polar surface area (TPSA) is 63.8 Å². The Labute approximate surface area is 99.1 Å². The summed E-state index contributed by atoms with van der Waals surface area (Å²) in [5.74, 6) is 0. The molecule has 88 valence electrons. The van der Waals surface area contributed by atoms with Crippen molar-refractivity contribution < 1.29 is 0 Å². The van der Waals surface area contributed by atoms with E-state index in [2.05, 4.69) is 11.1 Å². The molecule has 0 atom stereocenters. The number of nitrogens with zero attached hydrogens (tertiary/aromatic N) is 1. The molecule has 1 aliphatic carbocycles. The molecular formula is C13H15N3O. The van der Waals surface area contributed by atoms with Gasteiger partial charge >= 0.3 is 5.69 Å². The Morgan fingerprint density at radius 2 is 2.24 bits per heavy atom. The van der Waals surface area contributed by atoms with Crippen LogP contribution in [0.1, 0.15) is 18.4 Å². The SMILES string of the molecule is NC1(Cc2cccc(-n3cc[nH]c3=O)c2)CC1. The summed E-state index contributed by atoms with van der Waals surface area (Å²) in [7, 11) is 0. The van der Waals surface area contributed by atoms with Gasteiger partial charge in [-0.3, -0.25) is 4.57 Å². The van der Waals surface area contributed by atoms with Crippen molar-refractivity contribution >= 4 is 0 Å². The van der Waals surface area contributed by atoms with Crippen LogP contribution < -0.4 is 11.4 Å². The summed E-state index contributed by atoms with van der Waals surface area (Å²) >= 11 is 0. The number of aromatic nitrogens is 2. The Kier molecular flexibility index (Phi) is 2.19. The van der Waals surface area contributed by atoms with Gasteiger partial charge in [0.1, 0.15) is 0 Å². The van der Waals surface area contributed by atoms with Gasteiger partial charge in [0.15, 0.2) is 0 Å². The van der Waals surface area contributed by atoms with Gasteiger partial charge in [0.2, 0.25) is 0 Å². The van der Waals surface area contributed by atoms with Gasteiger partial charge in [0.25, 0.3) is 0 Å². The minimum absolute atomic E-state index is 0.00172. The molecule has 0 spiro atoms. The van der Waals surface area contributed by atoms with Crippen LogP contribution in [0.4, 0.5) is 0 Å². The minimum Gasteiger partial charge on any atom is -0.325 e. The molecule has 3 rings (SSSR count). The van der Waals surface area contributed by atoms with Crippen LogP contribution in [-0.2, 0) is 6.42 Å². The number of nitrogens with two attached hydrogens (primary N) is 1. The second-order valence-electron chi connectivity index (χ2n) is 4.84. The molecule has 3 N–H and O–H groups in total. The number of imidazole rings is 1. The molecule has 0 saturated heterocycles. The third kappa shape index (κ3) is 2.03. The number of aromatic amines is 1. The Morgan fingerprint density at radius 1 is 1.41 bits per heavy atom. The fourth-order valence-corrected chi connectivity index (χ4v) is 2.08. The van der Waals surface area contributed by atoms with Crippen molar-refractivity contribution in [3.63, 3.8) is 0 Å². The lowest BCUT2D eigenvalue weighted by Crippen LogP contribution is -2.24. The number of nitrogens with one attached hydrogen (secondary N) is 1. The van der Waals surface area contributed by atoms with E-state index in [1.807, 2.05) is 18.2 Å². The van der Waals surface area contributed by atoms with Gasteiger partial charge in [0, 0.05) is 17.9 Å². The minimum atomic E-state index is -0.115. The third-order valence-corrected chi connectivity index (χ3v) is 3.29. The standard InChI is InChI=1S/C13H15N3O/c14-13(4-5-13)9-10-2-1-3-11(8-10)16-7-6-15-12(16)17/h1-3,6-8H,4-5,9,14H2,(H,15,17). The van der Waals surface area contributed by atoms with Gasteiger partial charge in [-0.15, -0.1) is 0 Å². The Morgan fingerprint density at radius 3 is 2.88 bits per heavy atom. The van der Waals surface area contributed by atoms with Crippen LogP contribution >= 0.6 is 0 Å². The first-order valence-electron chi connectivity index (χ1n) is 5.81. The summed E-state index contributed by atoms with van der Waals surface area (Å²) in [6.07, 6.45) is 6.46. The van der Waals surface area contributed by atoms with Crippen LogP contribution in [0.25, 0.3) is 5.69 Å². The summed E-state index contributed by atoms with van der Waals surface area (Å²) < 4.78 is 1.60. The molecule has 1 aliphatic rings. The number of rotatable bonds is 3. The van der Waals surface area contributed by atoms with Crippen molar-refractivity contribution in [1.82, 2.24) is 9.55 Å². The number of hydrogen-bond donors (Lipinski definition) is 2. The Bertz CT molecular complexity index is 592. The normalized spacial score (nSPS) is 17.0.